The third-order valence-corrected chi connectivity index (χ3v) is 3.97. The number of methoxy groups -OCH3 is 1. The number of hydrogen-bond donors (Lipinski definition) is 0. The predicted octanol–water partition coefficient (Wildman–Crippen LogP) is 1.52. The molecular weight excluding hydrogens is 282 g/mol. The van der Waals surface area contributed by atoms with Gasteiger partial charge in [-0.25, -0.2) is 4.79 Å². The lowest BCUT2D eigenvalue weighted by Crippen LogP contribution is -2.47. The van der Waals surface area contributed by atoms with Crippen LogP contribution in [-0.4, -0.2) is 53.3 Å². The van der Waals surface area contributed by atoms with E-state index in [4.69, 9.17) is 0 Å². The molecule has 1 rings (SSSR count). The molecule has 1 aliphatic rings. The molecule has 0 N–H and O–H groups in total. The molecule has 0 radical (unpaired) electrons. The third kappa shape index (κ3) is 3.68. The summed E-state index contributed by atoms with van der Waals surface area (Å²) in [5.41, 5.74) is 0. The molecule has 0 spiro atoms. The van der Waals surface area contributed by atoms with E-state index in [0.717, 1.165) is 11.5 Å². The van der Waals surface area contributed by atoms with Crippen LogP contribution in [0.3, 0.4) is 0 Å². The number of halogens is 1. The smallest absolute Gasteiger partial charge is 0.409 e. The maximum atomic E-state index is 11.4. The van der Waals surface area contributed by atoms with E-state index in [1.165, 1.54) is 7.11 Å². The fraction of sp³-hybridized carbons (Fsp3) is 0.778. The lowest BCUT2D eigenvalue weighted by Gasteiger charge is -2.33. The topological polar surface area (TPSA) is 46.6 Å². The number of nitrogens with zero attached hydrogens (tertiary/aromatic N) is 1. The van der Waals surface area contributed by atoms with Crippen molar-refractivity contribution in [2.45, 2.75) is 12.5 Å². The summed E-state index contributed by atoms with van der Waals surface area (Å²) >= 11 is 4.89. The minimum absolute atomic E-state index is 0.0127. The van der Waals surface area contributed by atoms with Gasteiger partial charge in [0.1, 0.15) is 5.78 Å². The first-order valence-corrected chi connectivity index (χ1v) is 6.96. The van der Waals surface area contributed by atoms with Crippen LogP contribution in [0.25, 0.3) is 0 Å². The van der Waals surface area contributed by atoms with Crippen LogP contribution < -0.4 is 0 Å². The molecule has 1 amide bonds. The van der Waals surface area contributed by atoms with Crippen LogP contribution in [0, 0.1) is 0 Å². The Bertz CT molecular complexity index is 250. The summed E-state index contributed by atoms with van der Waals surface area (Å²) in [7, 11) is 1.37. The van der Waals surface area contributed by atoms with Gasteiger partial charge in [-0.15, -0.1) is 0 Å². The highest BCUT2D eigenvalue weighted by atomic mass is 79.9. The van der Waals surface area contributed by atoms with Gasteiger partial charge in [0, 0.05) is 24.5 Å². The van der Waals surface area contributed by atoms with E-state index in [9.17, 15) is 9.59 Å². The molecule has 6 heteroatoms. The quantitative estimate of drug-likeness (QED) is 0.741. The first-order valence-electron chi connectivity index (χ1n) is 4.69. The Hall–Kier alpha value is -0.230. The number of thioether (sulfide) groups is 1. The van der Waals surface area contributed by atoms with Crippen molar-refractivity contribution in [1.29, 1.82) is 0 Å². The molecule has 1 saturated heterocycles. The monoisotopic (exact) mass is 295 g/mol. The van der Waals surface area contributed by atoms with Gasteiger partial charge in [-0.1, -0.05) is 15.9 Å². The molecule has 1 heterocycles. The van der Waals surface area contributed by atoms with Crippen LogP contribution in [0.2, 0.25) is 0 Å². The molecule has 0 bridgehead atoms. The Morgan fingerprint density at radius 1 is 1.60 bits per heavy atom. The van der Waals surface area contributed by atoms with Gasteiger partial charge in [-0.3, -0.25) is 4.79 Å². The van der Waals surface area contributed by atoms with Gasteiger partial charge < -0.3 is 9.64 Å². The summed E-state index contributed by atoms with van der Waals surface area (Å²) in [6.07, 6.45) is 0.0792. The zero-order chi connectivity index (χ0) is 11.3. The van der Waals surface area contributed by atoms with E-state index < -0.39 is 0 Å². The fourth-order valence-electron chi connectivity index (χ4n) is 1.50. The minimum atomic E-state index is -0.331. The number of amides is 1. The molecule has 86 valence electrons. The second kappa shape index (κ2) is 6.37. The van der Waals surface area contributed by atoms with Crippen molar-refractivity contribution >= 4 is 39.6 Å². The summed E-state index contributed by atoms with van der Waals surface area (Å²) in [5.74, 6) is 1.85. The Labute approximate surface area is 102 Å². The van der Waals surface area contributed by atoms with E-state index in [0.29, 0.717) is 18.3 Å². The maximum absolute atomic E-state index is 11.4. The molecule has 0 aromatic rings. The van der Waals surface area contributed by atoms with Crippen LogP contribution >= 0.6 is 27.7 Å². The number of carbonyl (C=O) groups is 2. The normalized spacial score (nSPS) is 21.2. The lowest BCUT2D eigenvalue weighted by atomic mass is 10.1. The number of ketones is 1. The molecular formula is C9H14BrNO3S. The van der Waals surface area contributed by atoms with E-state index in [-0.39, 0.29) is 17.9 Å². The highest BCUT2D eigenvalue weighted by Crippen LogP contribution is 2.20. The summed E-state index contributed by atoms with van der Waals surface area (Å²) in [5, 5.41) is 0.350. The largest absolute Gasteiger partial charge is 0.453 e. The van der Waals surface area contributed by atoms with Gasteiger partial charge in [0.15, 0.2) is 0 Å². The van der Waals surface area contributed by atoms with Gasteiger partial charge in [-0.05, 0) is 0 Å². The summed E-state index contributed by atoms with van der Waals surface area (Å²) < 4.78 is 4.69. The van der Waals surface area contributed by atoms with Crippen molar-refractivity contribution < 1.29 is 14.3 Å². The van der Waals surface area contributed by atoms with E-state index in [1.807, 2.05) is 0 Å². The molecule has 0 aliphatic carbocycles. The number of hydrogen-bond acceptors (Lipinski definition) is 4. The van der Waals surface area contributed by atoms with Crippen molar-refractivity contribution in [3.8, 4) is 0 Å². The predicted molar refractivity (Wildman–Crippen MR) is 63.6 cm³/mol. The van der Waals surface area contributed by atoms with Crippen LogP contribution in [0.1, 0.15) is 6.42 Å². The third-order valence-electron chi connectivity index (χ3n) is 2.25. The molecule has 1 aliphatic heterocycles. The van der Waals surface area contributed by atoms with Crippen LogP contribution in [0.4, 0.5) is 4.79 Å². The van der Waals surface area contributed by atoms with Crippen molar-refractivity contribution in [2.75, 3.05) is 30.5 Å². The summed E-state index contributed by atoms with van der Waals surface area (Å²) in [6, 6.07) is -0.0127. The minimum Gasteiger partial charge on any atom is -0.453 e. The van der Waals surface area contributed by atoms with Crippen LogP contribution in [-0.2, 0) is 9.53 Å². The fourth-order valence-corrected chi connectivity index (χ4v) is 2.79. The Kier molecular flexibility index (Phi) is 5.45. The van der Waals surface area contributed by atoms with E-state index in [2.05, 4.69) is 20.7 Å². The first kappa shape index (κ1) is 12.8. The molecule has 0 aromatic carbocycles. The molecule has 0 saturated carbocycles. The second-order valence-electron chi connectivity index (χ2n) is 3.27. The van der Waals surface area contributed by atoms with Gasteiger partial charge in [0.05, 0.1) is 18.5 Å². The molecule has 15 heavy (non-hydrogen) atoms. The van der Waals surface area contributed by atoms with Crippen molar-refractivity contribution in [3.63, 3.8) is 0 Å². The zero-order valence-electron chi connectivity index (χ0n) is 8.57. The SMILES string of the molecule is COC(=O)N1CCSCC1CC(=O)CBr. The number of Topliss-reactive ketones (excluding diaryl/α,β-unsaturated/α-hetero) is 1. The summed E-state index contributed by atoms with van der Waals surface area (Å²) in [6.45, 7) is 0.664. The first-order chi connectivity index (χ1) is 7.19. The number of carbonyl (C=O) groups excluding carboxylic acids is 2. The molecule has 1 fully saturated rings. The van der Waals surface area contributed by atoms with E-state index >= 15 is 0 Å². The van der Waals surface area contributed by atoms with Crippen molar-refractivity contribution in [2.24, 2.45) is 0 Å². The maximum Gasteiger partial charge on any atom is 0.409 e. The Morgan fingerprint density at radius 3 is 2.93 bits per heavy atom. The number of alkyl halides is 1. The zero-order valence-corrected chi connectivity index (χ0v) is 11.0. The Morgan fingerprint density at radius 2 is 2.33 bits per heavy atom. The second-order valence-corrected chi connectivity index (χ2v) is 4.98. The number of rotatable bonds is 3. The van der Waals surface area contributed by atoms with Gasteiger partial charge in [-0.2, -0.15) is 11.8 Å². The summed E-state index contributed by atoms with van der Waals surface area (Å²) in [4.78, 5) is 24.4. The molecule has 1 unspecified atom stereocenters. The lowest BCUT2D eigenvalue weighted by molar-refractivity contribution is -0.117. The van der Waals surface area contributed by atoms with Crippen LogP contribution in [0.5, 0.6) is 0 Å². The van der Waals surface area contributed by atoms with E-state index in [1.54, 1.807) is 16.7 Å². The average Bonchev–Trinajstić information content (AvgIpc) is 2.28. The highest BCUT2D eigenvalue weighted by Gasteiger charge is 2.28. The van der Waals surface area contributed by atoms with Gasteiger partial charge in [0.2, 0.25) is 0 Å². The standard InChI is InChI=1S/C9H14BrNO3S/c1-14-9(13)11-2-3-15-6-7(11)4-8(12)5-10/h7H,2-6H2,1H3. The van der Waals surface area contributed by atoms with Gasteiger partial charge >= 0.3 is 6.09 Å². The van der Waals surface area contributed by atoms with Crippen molar-refractivity contribution in [1.82, 2.24) is 4.90 Å². The highest BCUT2D eigenvalue weighted by molar-refractivity contribution is 9.09. The molecule has 0 aromatic heterocycles. The van der Waals surface area contributed by atoms with Crippen molar-refractivity contribution in [3.05, 3.63) is 0 Å². The molecule has 1 atom stereocenters. The Balaban J connectivity index is 2.57. The van der Waals surface area contributed by atoms with Crippen LogP contribution in [0.15, 0.2) is 0 Å². The number of ether oxygens (including phenoxy) is 1. The average molecular weight is 296 g/mol. The van der Waals surface area contributed by atoms with Gasteiger partial charge in [0.25, 0.3) is 0 Å². The molecule has 4 nitrogen and oxygen atoms in total.